The zero-order valence-corrected chi connectivity index (χ0v) is 10.1. The van der Waals surface area contributed by atoms with Crippen LogP contribution < -0.4 is 5.32 Å². The highest BCUT2D eigenvalue weighted by atomic mass is 32.2. The Hall–Kier alpha value is -1.03. The lowest BCUT2D eigenvalue weighted by Crippen LogP contribution is -2.25. The smallest absolute Gasteiger partial charge is 0.157 e. The molecule has 1 heterocycles. The summed E-state index contributed by atoms with van der Waals surface area (Å²) in [5.74, 6) is 0.883. The summed E-state index contributed by atoms with van der Waals surface area (Å²) in [6.07, 6.45) is 1.10. The van der Waals surface area contributed by atoms with E-state index >= 15 is 0 Å². The number of hydrogen-bond acceptors (Lipinski definition) is 2. The molecule has 1 N–H and O–H groups in total. The van der Waals surface area contributed by atoms with E-state index in [2.05, 4.69) is 17.2 Å². The summed E-state index contributed by atoms with van der Waals surface area (Å²) in [5.41, 5.74) is 0.650. The van der Waals surface area contributed by atoms with Crippen molar-refractivity contribution in [2.24, 2.45) is 4.99 Å². The molecule has 0 amide bonds. The molecular formula is C12H15FN2S. The molecule has 0 aliphatic carbocycles. The van der Waals surface area contributed by atoms with Crippen LogP contribution in [0.25, 0.3) is 0 Å². The van der Waals surface area contributed by atoms with E-state index in [1.54, 1.807) is 23.9 Å². The van der Waals surface area contributed by atoms with E-state index < -0.39 is 0 Å². The molecule has 0 radical (unpaired) electrons. The summed E-state index contributed by atoms with van der Waals surface area (Å²) in [4.78, 5) is 4.38. The van der Waals surface area contributed by atoms with Gasteiger partial charge >= 0.3 is 0 Å². The maximum absolute atomic E-state index is 13.3. The van der Waals surface area contributed by atoms with Crippen LogP contribution in [0.5, 0.6) is 0 Å². The van der Waals surface area contributed by atoms with Crippen LogP contribution in [0, 0.1) is 5.82 Å². The fourth-order valence-corrected chi connectivity index (χ4v) is 2.62. The van der Waals surface area contributed by atoms with E-state index in [4.69, 9.17) is 0 Å². The lowest BCUT2D eigenvalue weighted by Gasteiger charge is -2.05. The monoisotopic (exact) mass is 238 g/mol. The molecular weight excluding hydrogens is 223 g/mol. The van der Waals surface area contributed by atoms with Crippen LogP contribution in [-0.2, 0) is 6.54 Å². The third kappa shape index (κ3) is 2.76. The van der Waals surface area contributed by atoms with Gasteiger partial charge in [-0.1, -0.05) is 36.9 Å². The van der Waals surface area contributed by atoms with E-state index in [-0.39, 0.29) is 5.82 Å². The molecule has 1 saturated heterocycles. The number of thioether (sulfide) groups is 1. The Kier molecular flexibility index (Phi) is 3.83. The Balaban J connectivity index is 1.97. The van der Waals surface area contributed by atoms with Gasteiger partial charge in [0.05, 0.1) is 6.54 Å². The molecule has 1 fully saturated rings. The average molecular weight is 238 g/mol. The second-order valence-electron chi connectivity index (χ2n) is 3.77. The summed E-state index contributed by atoms with van der Waals surface area (Å²) in [6.45, 7) is 2.57. The fourth-order valence-electron chi connectivity index (χ4n) is 1.53. The lowest BCUT2D eigenvalue weighted by molar-refractivity contribution is 0.610. The van der Waals surface area contributed by atoms with Gasteiger partial charge in [0.25, 0.3) is 0 Å². The van der Waals surface area contributed by atoms with Gasteiger partial charge < -0.3 is 5.32 Å². The normalized spacial score (nSPS) is 22.4. The summed E-state index contributed by atoms with van der Waals surface area (Å²) in [5, 5.41) is 4.26. The zero-order valence-electron chi connectivity index (χ0n) is 9.24. The molecule has 1 aromatic rings. The number of rotatable bonds is 3. The Bertz CT molecular complexity index is 392. The fraction of sp³-hybridized carbons (Fsp3) is 0.417. The molecule has 0 saturated carbocycles. The lowest BCUT2D eigenvalue weighted by atomic mass is 10.2. The molecule has 1 unspecified atom stereocenters. The number of nitrogens with zero attached hydrogens (tertiary/aromatic N) is 1. The maximum Gasteiger partial charge on any atom is 0.157 e. The Morgan fingerprint density at radius 1 is 1.50 bits per heavy atom. The predicted octanol–water partition coefficient (Wildman–Crippen LogP) is 2.80. The molecule has 4 heteroatoms. The van der Waals surface area contributed by atoms with Gasteiger partial charge in [0.15, 0.2) is 5.17 Å². The van der Waals surface area contributed by atoms with Gasteiger partial charge in [-0.3, -0.25) is 4.99 Å². The molecule has 2 nitrogen and oxygen atoms in total. The first-order valence-electron chi connectivity index (χ1n) is 5.46. The molecule has 1 aromatic carbocycles. The van der Waals surface area contributed by atoms with Gasteiger partial charge in [-0.15, -0.1) is 0 Å². The third-order valence-electron chi connectivity index (χ3n) is 2.59. The molecule has 1 aliphatic rings. The summed E-state index contributed by atoms with van der Waals surface area (Å²) < 4.78 is 13.3. The van der Waals surface area contributed by atoms with Gasteiger partial charge in [-0.05, 0) is 12.5 Å². The number of benzene rings is 1. The van der Waals surface area contributed by atoms with Crippen molar-refractivity contribution in [2.75, 3.05) is 5.75 Å². The highest BCUT2D eigenvalue weighted by molar-refractivity contribution is 8.14. The SMILES string of the molecule is CCC1CSC(=NCc2ccccc2F)N1. The quantitative estimate of drug-likeness (QED) is 0.875. The third-order valence-corrected chi connectivity index (χ3v) is 3.68. The summed E-state index contributed by atoms with van der Waals surface area (Å²) in [7, 11) is 0. The van der Waals surface area contributed by atoms with Crippen LogP contribution >= 0.6 is 11.8 Å². The first-order chi connectivity index (χ1) is 7.79. The second kappa shape index (κ2) is 5.34. The van der Waals surface area contributed by atoms with Crippen molar-refractivity contribution in [1.82, 2.24) is 5.32 Å². The molecule has 1 atom stereocenters. The van der Waals surface area contributed by atoms with E-state index in [1.165, 1.54) is 6.07 Å². The second-order valence-corrected chi connectivity index (χ2v) is 4.78. The van der Waals surface area contributed by atoms with Gasteiger partial charge in [0, 0.05) is 17.4 Å². The first-order valence-corrected chi connectivity index (χ1v) is 6.45. The summed E-state index contributed by atoms with van der Waals surface area (Å²) >= 11 is 1.72. The molecule has 0 spiro atoms. The van der Waals surface area contributed by atoms with Crippen LogP contribution in [0.4, 0.5) is 4.39 Å². The van der Waals surface area contributed by atoms with Crippen LogP contribution in [0.3, 0.4) is 0 Å². The minimum Gasteiger partial charge on any atom is -0.361 e. The van der Waals surface area contributed by atoms with Crippen LogP contribution in [0.15, 0.2) is 29.3 Å². The van der Waals surface area contributed by atoms with Crippen LogP contribution in [-0.4, -0.2) is 17.0 Å². The number of amidine groups is 1. The maximum atomic E-state index is 13.3. The van der Waals surface area contributed by atoms with Crippen molar-refractivity contribution in [2.45, 2.75) is 25.9 Å². The molecule has 16 heavy (non-hydrogen) atoms. The van der Waals surface area contributed by atoms with Crippen LogP contribution in [0.1, 0.15) is 18.9 Å². The predicted molar refractivity (Wildman–Crippen MR) is 67.2 cm³/mol. The largest absolute Gasteiger partial charge is 0.361 e. The molecule has 86 valence electrons. The number of aliphatic imine (C=N–C) groups is 1. The minimum absolute atomic E-state index is 0.179. The molecule has 2 rings (SSSR count). The van der Waals surface area contributed by atoms with Crippen molar-refractivity contribution in [1.29, 1.82) is 0 Å². The Labute approximate surface area is 99.3 Å². The van der Waals surface area contributed by atoms with Gasteiger partial charge in [0.1, 0.15) is 5.82 Å². The van der Waals surface area contributed by atoms with Crippen molar-refractivity contribution in [3.63, 3.8) is 0 Å². The molecule has 0 aromatic heterocycles. The van der Waals surface area contributed by atoms with Crippen molar-refractivity contribution in [3.8, 4) is 0 Å². The number of nitrogens with one attached hydrogen (secondary N) is 1. The Morgan fingerprint density at radius 2 is 2.31 bits per heavy atom. The van der Waals surface area contributed by atoms with E-state index in [1.807, 2.05) is 6.07 Å². The van der Waals surface area contributed by atoms with E-state index in [0.29, 0.717) is 18.2 Å². The van der Waals surface area contributed by atoms with Crippen LogP contribution in [0.2, 0.25) is 0 Å². The van der Waals surface area contributed by atoms with Gasteiger partial charge in [-0.25, -0.2) is 4.39 Å². The topological polar surface area (TPSA) is 24.4 Å². The molecule has 1 aliphatic heterocycles. The highest BCUT2D eigenvalue weighted by Crippen LogP contribution is 2.17. The molecule has 0 bridgehead atoms. The standard InChI is InChI=1S/C12H15FN2S/c1-2-10-8-16-12(15-10)14-7-9-5-3-4-6-11(9)13/h3-6,10H,2,7-8H2,1H3,(H,14,15). The highest BCUT2D eigenvalue weighted by Gasteiger charge is 2.17. The summed E-state index contributed by atoms with van der Waals surface area (Å²) in [6, 6.07) is 7.30. The number of hydrogen-bond donors (Lipinski definition) is 1. The minimum atomic E-state index is -0.179. The van der Waals surface area contributed by atoms with Crippen molar-refractivity contribution >= 4 is 16.9 Å². The zero-order chi connectivity index (χ0) is 11.4. The first kappa shape index (κ1) is 11.5. The van der Waals surface area contributed by atoms with Crippen molar-refractivity contribution in [3.05, 3.63) is 35.6 Å². The average Bonchev–Trinajstić information content (AvgIpc) is 2.76. The Morgan fingerprint density at radius 3 is 3.00 bits per heavy atom. The number of halogens is 1. The van der Waals surface area contributed by atoms with E-state index in [0.717, 1.165) is 17.3 Å². The van der Waals surface area contributed by atoms with Gasteiger partial charge in [-0.2, -0.15) is 0 Å². The van der Waals surface area contributed by atoms with Gasteiger partial charge in [0.2, 0.25) is 0 Å². The van der Waals surface area contributed by atoms with Crippen molar-refractivity contribution < 1.29 is 4.39 Å². The van der Waals surface area contributed by atoms with E-state index in [9.17, 15) is 4.39 Å².